The molecular formula is C29H44FN. The summed E-state index contributed by atoms with van der Waals surface area (Å²) in [7, 11) is 0. The van der Waals surface area contributed by atoms with Gasteiger partial charge in [0.1, 0.15) is 6.17 Å². The lowest BCUT2D eigenvalue weighted by molar-refractivity contribution is 0.428. The van der Waals surface area contributed by atoms with E-state index in [1.165, 1.54) is 60.0 Å². The van der Waals surface area contributed by atoms with Gasteiger partial charge < -0.3 is 5.32 Å². The van der Waals surface area contributed by atoms with Gasteiger partial charge in [0.25, 0.3) is 0 Å². The summed E-state index contributed by atoms with van der Waals surface area (Å²) in [5.74, 6) is 0.658. The van der Waals surface area contributed by atoms with Crippen LogP contribution in [0.2, 0.25) is 0 Å². The largest absolute Gasteiger partial charge is 0.387 e. The molecule has 0 aromatic carbocycles. The van der Waals surface area contributed by atoms with Gasteiger partial charge in [-0.3, -0.25) is 0 Å². The Balaban J connectivity index is 2.14. The Bertz CT molecular complexity index is 786. The average Bonchev–Trinajstić information content (AvgIpc) is 3.29. The first-order chi connectivity index (χ1) is 14.8. The maximum Gasteiger partial charge on any atom is 0.115 e. The summed E-state index contributed by atoms with van der Waals surface area (Å²) in [5, 5.41) is 3.62. The van der Waals surface area contributed by atoms with Crippen LogP contribution in [-0.2, 0) is 0 Å². The third-order valence-corrected chi connectivity index (χ3v) is 6.85. The first-order valence-corrected chi connectivity index (χ1v) is 12.3. The lowest BCUT2D eigenvalue weighted by atomic mass is 9.92. The summed E-state index contributed by atoms with van der Waals surface area (Å²) in [5.41, 5.74) is 8.04. The molecule has 2 aliphatic carbocycles. The van der Waals surface area contributed by atoms with Crippen LogP contribution in [-0.4, -0.2) is 12.7 Å². The summed E-state index contributed by atoms with van der Waals surface area (Å²) in [6, 6.07) is 0. The number of alkyl halides is 1. The van der Waals surface area contributed by atoms with Crippen LogP contribution in [0.1, 0.15) is 86.5 Å². The first-order valence-electron chi connectivity index (χ1n) is 12.3. The van der Waals surface area contributed by atoms with Crippen molar-refractivity contribution in [2.75, 3.05) is 6.54 Å². The number of nitrogens with one attached hydrogen (secondary N) is 1. The minimum Gasteiger partial charge on any atom is -0.387 e. The van der Waals surface area contributed by atoms with Crippen molar-refractivity contribution < 1.29 is 4.39 Å². The molecule has 0 amide bonds. The molecule has 0 radical (unpaired) electrons. The zero-order valence-electron chi connectivity index (χ0n) is 20.8. The molecule has 2 unspecified atom stereocenters. The Kier molecular flexibility index (Phi) is 9.59. The van der Waals surface area contributed by atoms with E-state index in [0.717, 1.165) is 19.4 Å². The molecule has 0 saturated heterocycles. The van der Waals surface area contributed by atoms with Crippen LogP contribution >= 0.6 is 0 Å². The van der Waals surface area contributed by atoms with Crippen LogP contribution in [0, 0.1) is 11.3 Å². The van der Waals surface area contributed by atoms with Crippen LogP contribution in [0.3, 0.4) is 0 Å². The van der Waals surface area contributed by atoms with Gasteiger partial charge in [0.15, 0.2) is 0 Å². The molecule has 172 valence electrons. The highest BCUT2D eigenvalue weighted by Crippen LogP contribution is 2.54. The van der Waals surface area contributed by atoms with Crippen molar-refractivity contribution in [2.24, 2.45) is 11.3 Å². The van der Waals surface area contributed by atoms with Crippen molar-refractivity contribution in [3.05, 3.63) is 70.5 Å². The topological polar surface area (TPSA) is 12.0 Å². The van der Waals surface area contributed by atoms with E-state index in [-0.39, 0.29) is 5.41 Å². The highest BCUT2D eigenvalue weighted by molar-refractivity contribution is 5.62. The summed E-state index contributed by atoms with van der Waals surface area (Å²) >= 11 is 0. The SMILES string of the molecule is C=C1CC(C)=C(/C=C2\CC2(C)/C=C\C(C)F)/C1=C/NC/C(=C\CCCC)C(CC)CC. The molecule has 2 atom stereocenters. The molecule has 2 heteroatoms. The Morgan fingerprint density at radius 2 is 1.97 bits per heavy atom. The van der Waals surface area contributed by atoms with Gasteiger partial charge in [-0.25, -0.2) is 4.39 Å². The van der Waals surface area contributed by atoms with E-state index in [0.29, 0.717) is 5.92 Å². The molecule has 1 N–H and O–H groups in total. The number of hydrogen-bond acceptors (Lipinski definition) is 1. The Hall–Kier alpha value is -1.83. The first kappa shape index (κ1) is 25.4. The van der Waals surface area contributed by atoms with Crippen LogP contribution in [0.15, 0.2) is 70.5 Å². The predicted molar refractivity (Wildman–Crippen MR) is 135 cm³/mol. The molecule has 0 aromatic heterocycles. The molecule has 1 fully saturated rings. The average molecular weight is 426 g/mol. The number of rotatable bonds is 12. The quantitative estimate of drug-likeness (QED) is 0.244. The summed E-state index contributed by atoms with van der Waals surface area (Å²) in [4.78, 5) is 0. The minimum atomic E-state index is -0.889. The molecule has 1 saturated carbocycles. The predicted octanol–water partition coefficient (Wildman–Crippen LogP) is 8.54. The monoisotopic (exact) mass is 425 g/mol. The van der Waals surface area contributed by atoms with Crippen LogP contribution < -0.4 is 5.32 Å². The van der Waals surface area contributed by atoms with Crippen molar-refractivity contribution >= 4 is 0 Å². The van der Waals surface area contributed by atoms with Gasteiger partial charge in [0.05, 0.1) is 0 Å². The fraction of sp³-hybridized carbons (Fsp3) is 0.586. The molecule has 0 bridgehead atoms. The van der Waals surface area contributed by atoms with Gasteiger partial charge in [-0.2, -0.15) is 0 Å². The zero-order valence-corrected chi connectivity index (χ0v) is 20.8. The van der Waals surface area contributed by atoms with Gasteiger partial charge in [0.2, 0.25) is 0 Å². The molecule has 0 aromatic rings. The van der Waals surface area contributed by atoms with Crippen LogP contribution in [0.4, 0.5) is 4.39 Å². The van der Waals surface area contributed by atoms with Crippen LogP contribution in [0.25, 0.3) is 0 Å². The van der Waals surface area contributed by atoms with E-state index in [1.807, 2.05) is 6.08 Å². The third kappa shape index (κ3) is 7.09. The molecule has 1 nitrogen and oxygen atoms in total. The maximum absolute atomic E-state index is 13.2. The van der Waals surface area contributed by atoms with Crippen molar-refractivity contribution in [3.63, 3.8) is 0 Å². The van der Waals surface area contributed by atoms with Gasteiger partial charge in [-0.05, 0) is 63.0 Å². The highest BCUT2D eigenvalue weighted by atomic mass is 19.1. The second-order valence-corrected chi connectivity index (χ2v) is 9.65. The van der Waals surface area contributed by atoms with Gasteiger partial charge in [-0.1, -0.05) is 88.1 Å². The lowest BCUT2D eigenvalue weighted by Gasteiger charge is -2.18. The van der Waals surface area contributed by atoms with Crippen molar-refractivity contribution in [2.45, 2.75) is 92.7 Å². The Labute approximate surface area is 191 Å². The fourth-order valence-electron chi connectivity index (χ4n) is 4.52. The number of hydrogen-bond donors (Lipinski definition) is 1. The lowest BCUT2D eigenvalue weighted by Crippen LogP contribution is -2.17. The second-order valence-electron chi connectivity index (χ2n) is 9.65. The molecule has 2 aliphatic rings. The molecule has 2 rings (SSSR count). The molecule has 0 heterocycles. The van der Waals surface area contributed by atoms with E-state index in [2.05, 4.69) is 64.9 Å². The Morgan fingerprint density at radius 3 is 2.58 bits per heavy atom. The molecular weight excluding hydrogens is 381 g/mol. The minimum absolute atomic E-state index is 0.0146. The van der Waals surface area contributed by atoms with E-state index >= 15 is 0 Å². The number of unbranched alkanes of at least 4 members (excludes halogenated alkanes) is 2. The highest BCUT2D eigenvalue weighted by Gasteiger charge is 2.42. The normalized spacial score (nSPS) is 25.5. The second kappa shape index (κ2) is 11.7. The summed E-state index contributed by atoms with van der Waals surface area (Å²) in [6.45, 7) is 18.1. The van der Waals surface area contributed by atoms with Crippen LogP contribution in [0.5, 0.6) is 0 Å². The van der Waals surface area contributed by atoms with Crippen molar-refractivity contribution in [3.8, 4) is 0 Å². The number of allylic oxidation sites excluding steroid dienone is 9. The third-order valence-electron chi connectivity index (χ3n) is 6.85. The van der Waals surface area contributed by atoms with Gasteiger partial charge >= 0.3 is 0 Å². The fourth-order valence-corrected chi connectivity index (χ4v) is 4.52. The standard InChI is InChI=1S/C29H44FN/c1-8-11-12-13-25(24(9-2)10-3)19-31-20-28-22(5)16-21(4)27(28)17-26-18-29(26,7)15-14-23(6)30/h13-15,17,20,23-24,31H,5,8-12,16,18-19H2,1-4,6-7H3/b15-14-,25-13+,26-17+,28-20+. The van der Waals surface area contributed by atoms with Crippen molar-refractivity contribution in [1.29, 1.82) is 0 Å². The molecule has 31 heavy (non-hydrogen) atoms. The van der Waals surface area contributed by atoms with E-state index in [4.69, 9.17) is 0 Å². The number of halogens is 1. The van der Waals surface area contributed by atoms with Crippen molar-refractivity contribution in [1.82, 2.24) is 5.32 Å². The van der Waals surface area contributed by atoms with E-state index in [9.17, 15) is 4.39 Å². The Morgan fingerprint density at radius 1 is 1.26 bits per heavy atom. The summed E-state index contributed by atoms with van der Waals surface area (Å²) in [6.07, 6.45) is 17.8. The maximum atomic E-state index is 13.2. The summed E-state index contributed by atoms with van der Waals surface area (Å²) < 4.78 is 13.2. The zero-order chi connectivity index (χ0) is 23.0. The molecule has 0 aliphatic heterocycles. The van der Waals surface area contributed by atoms with Gasteiger partial charge in [-0.15, -0.1) is 0 Å². The van der Waals surface area contributed by atoms with E-state index < -0.39 is 6.17 Å². The molecule has 0 spiro atoms. The van der Waals surface area contributed by atoms with Gasteiger partial charge in [0, 0.05) is 23.7 Å². The van der Waals surface area contributed by atoms with E-state index in [1.54, 1.807) is 18.6 Å². The smallest absolute Gasteiger partial charge is 0.115 e.